The third-order valence-electron chi connectivity index (χ3n) is 3.66. The standard InChI is InChI=1S/C13H8O.2C5H5.2Ru/c14-13-11(9-5-1-2-6-9)12(13)10-7-3-4-8-10;2*1-2-4-5-3-1;;/h1-8H;2*1-5H;;/q;;;2*+2. The maximum atomic E-state index is 11.5. The second-order valence-electron chi connectivity index (χ2n) is 5.35. The topological polar surface area (TPSA) is 17.1 Å². The molecule has 0 atom stereocenters. The van der Waals surface area contributed by atoms with Gasteiger partial charge in [-0.2, -0.15) is 0 Å². The van der Waals surface area contributed by atoms with Crippen LogP contribution in [0.5, 0.6) is 0 Å². The molecule has 0 N–H and O–H groups in total. The van der Waals surface area contributed by atoms with Crippen LogP contribution in [0.1, 0.15) is 11.1 Å². The minimum Gasteiger partial charge on any atom is -0.289 e. The summed E-state index contributed by atoms with van der Waals surface area (Å²) in [5.41, 5.74) is 1.98. The fraction of sp³-hybridized carbons (Fsp3) is 0. The zero-order valence-electron chi connectivity index (χ0n) is 14.0. The molecular weight excluding hydrogens is 494 g/mol. The van der Waals surface area contributed by atoms with Crippen LogP contribution in [-0.4, -0.2) is 0 Å². The fourth-order valence-electron chi connectivity index (χ4n) is 2.44. The summed E-state index contributed by atoms with van der Waals surface area (Å²) in [6.07, 6.45) is 35.7. The summed E-state index contributed by atoms with van der Waals surface area (Å²) in [7, 11) is 0. The van der Waals surface area contributed by atoms with E-state index >= 15 is 0 Å². The van der Waals surface area contributed by atoms with Gasteiger partial charge in [0.1, 0.15) is 0 Å². The van der Waals surface area contributed by atoms with Gasteiger partial charge in [-0.3, -0.25) is 4.79 Å². The van der Waals surface area contributed by atoms with Crippen LogP contribution in [0.3, 0.4) is 0 Å². The van der Waals surface area contributed by atoms with Gasteiger partial charge >= 0.3 is 39.0 Å². The minimum absolute atomic E-state index is 0. The molecule has 4 aliphatic rings. The van der Waals surface area contributed by atoms with Gasteiger partial charge in [-0.1, -0.05) is 0 Å². The van der Waals surface area contributed by atoms with E-state index in [1.807, 2.05) is 116 Å². The summed E-state index contributed by atoms with van der Waals surface area (Å²) in [6.45, 7) is 0. The molecule has 4 saturated carbocycles. The van der Waals surface area contributed by atoms with Crippen molar-refractivity contribution in [3.05, 3.63) is 149 Å². The predicted octanol–water partition coefficient (Wildman–Crippen LogP) is 3.47. The van der Waals surface area contributed by atoms with Gasteiger partial charge < -0.3 is 0 Å². The van der Waals surface area contributed by atoms with Crippen molar-refractivity contribution in [3.63, 3.8) is 0 Å². The smallest absolute Gasteiger partial charge is 0.289 e. The predicted molar refractivity (Wildman–Crippen MR) is 97.2 cm³/mol. The van der Waals surface area contributed by atoms with Gasteiger partial charge in [0.25, 0.3) is 0 Å². The van der Waals surface area contributed by atoms with Crippen molar-refractivity contribution in [1.82, 2.24) is 0 Å². The zero-order chi connectivity index (χ0) is 16.6. The Kier molecular flexibility index (Phi) is 13.1. The summed E-state index contributed by atoms with van der Waals surface area (Å²) in [5, 5.41) is 0. The van der Waals surface area contributed by atoms with Crippen molar-refractivity contribution < 1.29 is 39.0 Å². The van der Waals surface area contributed by atoms with E-state index in [4.69, 9.17) is 0 Å². The molecule has 0 aliphatic heterocycles. The average Bonchev–Trinajstić information content (AvgIpc) is 3.36. The van der Waals surface area contributed by atoms with Gasteiger partial charge in [-0.15, -0.1) is 0 Å². The second-order valence-corrected chi connectivity index (χ2v) is 5.35. The molecule has 0 spiro atoms. The van der Waals surface area contributed by atoms with Gasteiger partial charge in [-0.05, 0) is 116 Å². The van der Waals surface area contributed by atoms with Crippen molar-refractivity contribution in [2.75, 3.05) is 0 Å². The number of hydrogen-bond acceptors (Lipinski definition) is 1. The molecule has 0 aromatic heterocycles. The Balaban J connectivity index is 0.000000235. The normalized spacial score (nSPS) is 22.9. The second kappa shape index (κ2) is 13.8. The minimum atomic E-state index is 0. The van der Waals surface area contributed by atoms with Gasteiger partial charge in [0.2, 0.25) is 0 Å². The molecule has 5 rings (SSSR count). The Morgan fingerprint density at radius 3 is 0.846 bits per heavy atom. The largest absolute Gasteiger partial charge is 2.00 e. The molecule has 3 heteroatoms. The van der Waals surface area contributed by atoms with Crippen molar-refractivity contribution >= 4 is 0 Å². The molecule has 4 aliphatic carbocycles. The van der Waals surface area contributed by atoms with Crippen LogP contribution in [0.25, 0.3) is 0 Å². The molecule has 0 heterocycles. The molecular formula is C23H18ORu2+4. The Hall–Kier alpha value is 0.657. The van der Waals surface area contributed by atoms with Crippen LogP contribution >= 0.6 is 0 Å². The Labute approximate surface area is 187 Å². The Bertz CT molecular complexity index is 413. The van der Waals surface area contributed by atoms with Crippen LogP contribution in [0.15, 0.2) is 4.79 Å². The van der Waals surface area contributed by atoms with E-state index in [1.165, 1.54) is 0 Å². The molecule has 26 heavy (non-hydrogen) atoms. The molecule has 0 unspecified atom stereocenters. The first-order chi connectivity index (χ1) is 11.9. The SMILES string of the molecule is O=c1c([C]2[CH][CH][CH][CH]2)c1[C]1[CH][CH][CH][CH]1.[CH]1[CH][CH][CH][CH]1.[CH]1[CH][CH][CH][CH]1.[Ru+2].[Ru+2]. The van der Waals surface area contributed by atoms with Crippen LogP contribution in [0.2, 0.25) is 0 Å². The van der Waals surface area contributed by atoms with Crippen LogP contribution in [-0.2, 0) is 39.0 Å². The van der Waals surface area contributed by atoms with Gasteiger partial charge in [-0.25, -0.2) is 0 Å². The first kappa shape index (κ1) is 24.7. The van der Waals surface area contributed by atoms with Crippen molar-refractivity contribution in [1.29, 1.82) is 0 Å². The quantitative estimate of drug-likeness (QED) is 0.555. The summed E-state index contributed by atoms with van der Waals surface area (Å²) in [6, 6.07) is 0. The first-order valence-electron chi connectivity index (χ1n) is 7.94. The molecule has 1 aromatic rings. The van der Waals surface area contributed by atoms with Crippen molar-refractivity contribution in [3.8, 4) is 0 Å². The average molecular weight is 513 g/mol. The number of hydrogen-bond donors (Lipinski definition) is 0. The van der Waals surface area contributed by atoms with E-state index in [2.05, 4.69) is 0 Å². The van der Waals surface area contributed by atoms with E-state index in [0.29, 0.717) is 0 Å². The summed E-state index contributed by atoms with van der Waals surface area (Å²) in [4.78, 5) is 11.5. The van der Waals surface area contributed by atoms with Gasteiger partial charge in [0.05, 0.1) is 0 Å². The van der Waals surface area contributed by atoms with E-state index in [9.17, 15) is 4.79 Å². The molecule has 0 saturated heterocycles. The molecule has 0 bridgehead atoms. The zero-order valence-corrected chi connectivity index (χ0v) is 17.5. The van der Waals surface area contributed by atoms with Crippen molar-refractivity contribution in [2.24, 2.45) is 0 Å². The molecule has 1 aromatic carbocycles. The Morgan fingerprint density at radius 1 is 0.385 bits per heavy atom. The van der Waals surface area contributed by atoms with E-state index in [0.717, 1.165) is 23.0 Å². The van der Waals surface area contributed by atoms with Gasteiger partial charge in [0, 0.05) is 23.0 Å². The maximum absolute atomic E-state index is 11.5. The van der Waals surface area contributed by atoms with Crippen molar-refractivity contribution in [2.45, 2.75) is 0 Å². The fourth-order valence-corrected chi connectivity index (χ4v) is 2.44. The summed E-state index contributed by atoms with van der Waals surface area (Å²) in [5.74, 6) is 2.09. The first-order valence-corrected chi connectivity index (χ1v) is 7.94. The number of rotatable bonds is 2. The molecule has 4 fully saturated rings. The molecule has 20 radical (unpaired) electrons. The monoisotopic (exact) mass is 514 g/mol. The van der Waals surface area contributed by atoms with E-state index < -0.39 is 0 Å². The summed E-state index contributed by atoms with van der Waals surface area (Å²) >= 11 is 0. The molecule has 0 amide bonds. The van der Waals surface area contributed by atoms with Gasteiger partial charge in [0.15, 0.2) is 5.43 Å². The van der Waals surface area contributed by atoms with E-state index in [1.54, 1.807) is 0 Å². The molecule has 1 nitrogen and oxygen atoms in total. The van der Waals surface area contributed by atoms with E-state index in [-0.39, 0.29) is 44.4 Å². The van der Waals surface area contributed by atoms with Crippen LogP contribution in [0.4, 0.5) is 0 Å². The Morgan fingerprint density at radius 2 is 0.615 bits per heavy atom. The third kappa shape index (κ3) is 7.58. The molecule has 128 valence electrons. The van der Waals surface area contributed by atoms with Crippen LogP contribution in [0, 0.1) is 127 Å². The third-order valence-corrected chi connectivity index (χ3v) is 3.66. The van der Waals surface area contributed by atoms with Crippen LogP contribution < -0.4 is 5.43 Å². The maximum Gasteiger partial charge on any atom is 2.00 e. The summed E-state index contributed by atoms with van der Waals surface area (Å²) < 4.78 is 0.